The van der Waals surface area contributed by atoms with Crippen LogP contribution >= 0.6 is 0 Å². The molecule has 0 radical (unpaired) electrons. The fourth-order valence-electron chi connectivity index (χ4n) is 2.30. The largest absolute Gasteiger partial charge is 0.394 e. The number of hydrogen-bond acceptors (Lipinski definition) is 4. The first-order valence-electron chi connectivity index (χ1n) is 6.15. The van der Waals surface area contributed by atoms with Crippen molar-refractivity contribution in [1.29, 1.82) is 0 Å². The van der Waals surface area contributed by atoms with Gasteiger partial charge in [0.25, 0.3) is 0 Å². The molecule has 1 aromatic rings. The van der Waals surface area contributed by atoms with Gasteiger partial charge in [-0.1, -0.05) is 6.07 Å². The Bertz CT molecular complexity index is 412. The second kappa shape index (κ2) is 5.65. The van der Waals surface area contributed by atoms with Crippen LogP contribution in [0.5, 0.6) is 0 Å². The highest BCUT2D eigenvalue weighted by Gasteiger charge is 2.23. The summed E-state index contributed by atoms with van der Waals surface area (Å²) >= 11 is 0. The van der Waals surface area contributed by atoms with Crippen molar-refractivity contribution >= 4 is 5.69 Å². The van der Waals surface area contributed by atoms with Crippen LogP contribution in [0.25, 0.3) is 0 Å². The molecule has 2 rings (SSSR count). The van der Waals surface area contributed by atoms with Crippen molar-refractivity contribution in [2.75, 3.05) is 31.2 Å². The van der Waals surface area contributed by atoms with Crippen LogP contribution in [0, 0.1) is 5.82 Å². The maximum atomic E-state index is 13.8. The summed E-state index contributed by atoms with van der Waals surface area (Å²) in [6.07, 6.45) is -0.219. The minimum absolute atomic E-state index is 0.0284. The summed E-state index contributed by atoms with van der Waals surface area (Å²) in [4.78, 5) is 2.02. The Balaban J connectivity index is 2.29. The summed E-state index contributed by atoms with van der Waals surface area (Å²) in [5.74, 6) is -0.283. The van der Waals surface area contributed by atoms with E-state index < -0.39 is 0 Å². The average Bonchev–Trinajstić information content (AvgIpc) is 2.38. The molecule has 0 amide bonds. The summed E-state index contributed by atoms with van der Waals surface area (Å²) in [6, 6.07) is 4.60. The fourth-order valence-corrected chi connectivity index (χ4v) is 2.30. The molecule has 2 atom stereocenters. The van der Waals surface area contributed by atoms with Gasteiger partial charge in [-0.25, -0.2) is 4.39 Å². The number of benzene rings is 1. The first-order chi connectivity index (χ1) is 8.63. The van der Waals surface area contributed by atoms with Gasteiger partial charge in [-0.3, -0.25) is 0 Å². The highest BCUT2D eigenvalue weighted by atomic mass is 19.1. The molecule has 0 spiro atoms. The van der Waals surface area contributed by atoms with Crippen molar-refractivity contribution < 1.29 is 14.2 Å². The number of nitrogens with two attached hydrogens (primary N) is 1. The van der Waals surface area contributed by atoms with E-state index in [0.29, 0.717) is 25.3 Å². The Morgan fingerprint density at radius 3 is 3.06 bits per heavy atom. The van der Waals surface area contributed by atoms with E-state index in [9.17, 15) is 4.39 Å². The van der Waals surface area contributed by atoms with Crippen LogP contribution in [0.4, 0.5) is 10.1 Å². The molecule has 0 aliphatic carbocycles. The predicted molar refractivity (Wildman–Crippen MR) is 68.0 cm³/mol. The Kier molecular flexibility index (Phi) is 4.16. The quantitative estimate of drug-likeness (QED) is 0.846. The lowest BCUT2D eigenvalue weighted by atomic mass is 10.0. The highest BCUT2D eigenvalue weighted by molar-refractivity contribution is 5.55. The Labute approximate surface area is 106 Å². The molecule has 1 aliphatic rings. The van der Waals surface area contributed by atoms with E-state index in [0.717, 1.165) is 5.69 Å². The molecule has 1 heterocycles. The maximum absolute atomic E-state index is 13.8. The zero-order valence-corrected chi connectivity index (χ0v) is 10.5. The zero-order chi connectivity index (χ0) is 13.1. The molecule has 3 N–H and O–H groups in total. The third kappa shape index (κ3) is 2.63. The Morgan fingerprint density at radius 1 is 1.61 bits per heavy atom. The van der Waals surface area contributed by atoms with Crippen LogP contribution in [-0.2, 0) is 4.74 Å². The van der Waals surface area contributed by atoms with E-state index >= 15 is 0 Å². The minimum Gasteiger partial charge on any atom is -0.394 e. The molecular formula is C13H19FN2O2. The standard InChI is InChI=1S/C13H19FN2O2/c1-9(15)13-11(14)3-2-4-12(13)16-5-6-18-10(7-16)8-17/h2-4,9-10,17H,5-8,15H2,1H3/t9-,10?/m1/s1. The number of rotatable bonds is 3. The van der Waals surface area contributed by atoms with Crippen LogP contribution in [0.3, 0.4) is 0 Å². The van der Waals surface area contributed by atoms with Gasteiger partial charge in [0.15, 0.2) is 0 Å². The molecule has 5 heteroatoms. The van der Waals surface area contributed by atoms with Gasteiger partial charge in [0.05, 0.1) is 19.3 Å². The van der Waals surface area contributed by atoms with Gasteiger partial charge in [-0.05, 0) is 19.1 Å². The van der Waals surface area contributed by atoms with Crippen LogP contribution in [0.1, 0.15) is 18.5 Å². The van der Waals surface area contributed by atoms with Crippen molar-refractivity contribution in [1.82, 2.24) is 0 Å². The summed E-state index contributed by atoms with van der Waals surface area (Å²) < 4.78 is 19.2. The first kappa shape index (κ1) is 13.3. The van der Waals surface area contributed by atoms with Gasteiger partial charge in [0.2, 0.25) is 0 Å². The van der Waals surface area contributed by atoms with Gasteiger partial charge >= 0.3 is 0 Å². The zero-order valence-electron chi connectivity index (χ0n) is 10.5. The highest BCUT2D eigenvalue weighted by Crippen LogP contribution is 2.29. The van der Waals surface area contributed by atoms with Gasteiger partial charge in [-0.2, -0.15) is 0 Å². The molecule has 0 aromatic heterocycles. The normalized spacial score (nSPS) is 22.0. The predicted octanol–water partition coefficient (Wildman–Crippen LogP) is 1.04. The van der Waals surface area contributed by atoms with E-state index in [-0.39, 0.29) is 24.6 Å². The second-order valence-electron chi connectivity index (χ2n) is 4.58. The van der Waals surface area contributed by atoms with Crippen LogP contribution in [0.2, 0.25) is 0 Å². The molecule has 1 fully saturated rings. The maximum Gasteiger partial charge on any atom is 0.130 e. The van der Waals surface area contributed by atoms with Crippen LogP contribution in [-0.4, -0.2) is 37.5 Å². The number of morpholine rings is 1. The van der Waals surface area contributed by atoms with E-state index in [1.165, 1.54) is 6.07 Å². The van der Waals surface area contributed by atoms with E-state index in [1.54, 1.807) is 13.0 Å². The summed E-state index contributed by atoms with van der Waals surface area (Å²) in [7, 11) is 0. The lowest BCUT2D eigenvalue weighted by Crippen LogP contribution is -2.44. The first-order valence-corrected chi connectivity index (χ1v) is 6.15. The summed E-state index contributed by atoms with van der Waals surface area (Å²) in [5, 5.41) is 9.14. The lowest BCUT2D eigenvalue weighted by molar-refractivity contribution is 0.00350. The monoisotopic (exact) mass is 254 g/mol. The lowest BCUT2D eigenvalue weighted by Gasteiger charge is -2.35. The number of hydrogen-bond donors (Lipinski definition) is 2. The molecule has 1 aliphatic heterocycles. The van der Waals surface area contributed by atoms with Crippen molar-refractivity contribution in [3.05, 3.63) is 29.6 Å². The molecule has 0 saturated carbocycles. The molecule has 4 nitrogen and oxygen atoms in total. The molecule has 18 heavy (non-hydrogen) atoms. The summed E-state index contributed by atoms with van der Waals surface area (Å²) in [5.41, 5.74) is 7.16. The number of halogens is 1. The van der Waals surface area contributed by atoms with E-state index in [4.69, 9.17) is 15.6 Å². The molecule has 1 unspecified atom stereocenters. The van der Waals surface area contributed by atoms with Crippen molar-refractivity contribution in [2.45, 2.75) is 19.1 Å². The number of aliphatic hydroxyl groups excluding tert-OH is 1. The minimum atomic E-state index is -0.364. The Hall–Kier alpha value is -1.17. The van der Waals surface area contributed by atoms with Gasteiger partial charge in [-0.15, -0.1) is 0 Å². The number of anilines is 1. The average molecular weight is 254 g/mol. The van der Waals surface area contributed by atoms with Crippen molar-refractivity contribution in [3.8, 4) is 0 Å². The fraction of sp³-hybridized carbons (Fsp3) is 0.538. The topological polar surface area (TPSA) is 58.7 Å². The smallest absolute Gasteiger partial charge is 0.130 e. The van der Waals surface area contributed by atoms with Gasteiger partial charge in [0, 0.05) is 30.4 Å². The molecule has 1 saturated heterocycles. The van der Waals surface area contributed by atoms with Crippen molar-refractivity contribution in [3.63, 3.8) is 0 Å². The van der Waals surface area contributed by atoms with Gasteiger partial charge < -0.3 is 20.5 Å². The third-order valence-corrected chi connectivity index (χ3v) is 3.17. The molecule has 0 bridgehead atoms. The molecule has 1 aromatic carbocycles. The number of aliphatic hydroxyl groups is 1. The van der Waals surface area contributed by atoms with E-state index in [2.05, 4.69) is 0 Å². The van der Waals surface area contributed by atoms with Crippen molar-refractivity contribution in [2.24, 2.45) is 5.73 Å². The van der Waals surface area contributed by atoms with Crippen LogP contribution in [0.15, 0.2) is 18.2 Å². The third-order valence-electron chi connectivity index (χ3n) is 3.17. The molecular weight excluding hydrogens is 235 g/mol. The van der Waals surface area contributed by atoms with E-state index in [1.807, 2.05) is 11.0 Å². The SMILES string of the molecule is C[C@@H](N)c1c(F)cccc1N1CCOC(CO)C1. The second-order valence-corrected chi connectivity index (χ2v) is 4.58. The van der Waals surface area contributed by atoms with Crippen LogP contribution < -0.4 is 10.6 Å². The number of ether oxygens (including phenoxy) is 1. The van der Waals surface area contributed by atoms with Gasteiger partial charge in [0.1, 0.15) is 5.82 Å². The Morgan fingerprint density at radius 2 is 2.39 bits per heavy atom. The summed E-state index contributed by atoms with van der Waals surface area (Å²) in [6.45, 7) is 3.50. The number of nitrogens with zero attached hydrogens (tertiary/aromatic N) is 1. The molecule has 100 valence electrons.